The molecule has 16 heavy (non-hydrogen) atoms. The monoisotopic (exact) mass is 388 g/mol. The number of aliphatic imine (C=N–C) groups is 1. The lowest BCUT2D eigenvalue weighted by atomic mass is 10.1. The van der Waals surface area contributed by atoms with Gasteiger partial charge in [0.05, 0.1) is 16.8 Å². The van der Waals surface area contributed by atoms with Crippen LogP contribution in [-0.2, 0) is 0 Å². The number of amidine groups is 1. The van der Waals surface area contributed by atoms with E-state index >= 15 is 0 Å². The molecule has 88 valence electrons. The van der Waals surface area contributed by atoms with E-state index in [-0.39, 0.29) is 30.0 Å². The standard InChI is InChI=1S/C10H10Cl2N2S.HI/c1-5-8-6(11)3-4-7(12)9(8)14-10(13-5)15-2;/h3-5H,1-2H3,(H,13,14);1H. The average molecular weight is 389 g/mol. The van der Waals surface area contributed by atoms with Crippen molar-refractivity contribution in [3.8, 4) is 0 Å². The summed E-state index contributed by atoms with van der Waals surface area (Å²) in [6.45, 7) is 2.01. The number of hydrogen-bond donors (Lipinski definition) is 1. The van der Waals surface area contributed by atoms with Gasteiger partial charge in [-0.2, -0.15) is 0 Å². The van der Waals surface area contributed by atoms with Gasteiger partial charge < -0.3 is 5.32 Å². The van der Waals surface area contributed by atoms with E-state index in [1.165, 1.54) is 0 Å². The van der Waals surface area contributed by atoms with Gasteiger partial charge in [-0.3, -0.25) is 4.99 Å². The molecule has 0 aliphatic carbocycles. The summed E-state index contributed by atoms with van der Waals surface area (Å²) >= 11 is 13.8. The molecule has 0 radical (unpaired) electrons. The summed E-state index contributed by atoms with van der Waals surface area (Å²) in [5, 5.41) is 5.45. The molecule has 0 amide bonds. The van der Waals surface area contributed by atoms with Gasteiger partial charge in [-0.15, -0.1) is 24.0 Å². The van der Waals surface area contributed by atoms with Crippen molar-refractivity contribution in [3.05, 3.63) is 27.7 Å². The Bertz CT molecular complexity index is 437. The minimum Gasteiger partial charge on any atom is -0.333 e. The summed E-state index contributed by atoms with van der Waals surface area (Å²) in [4.78, 5) is 4.47. The average Bonchev–Trinajstić information content (AvgIpc) is 2.23. The first-order valence-electron chi connectivity index (χ1n) is 4.50. The number of benzene rings is 1. The Kier molecular flexibility index (Phi) is 5.22. The van der Waals surface area contributed by atoms with E-state index in [2.05, 4.69) is 10.3 Å². The zero-order valence-electron chi connectivity index (χ0n) is 8.75. The minimum atomic E-state index is 0. The molecule has 0 saturated carbocycles. The Balaban J connectivity index is 0.00000128. The minimum absolute atomic E-state index is 0. The highest BCUT2D eigenvalue weighted by molar-refractivity contribution is 14.0. The second kappa shape index (κ2) is 5.80. The SMILES string of the molecule is CSC1=NC(C)c2c(Cl)ccc(Cl)c2N1.I. The number of nitrogens with one attached hydrogen (secondary N) is 1. The van der Waals surface area contributed by atoms with Gasteiger partial charge in [0.2, 0.25) is 0 Å². The third kappa shape index (κ3) is 2.60. The van der Waals surface area contributed by atoms with Crippen molar-refractivity contribution >= 4 is 69.8 Å². The molecule has 0 aromatic heterocycles. The molecule has 1 aromatic carbocycles. The van der Waals surface area contributed by atoms with Crippen LogP contribution >= 0.6 is 58.9 Å². The van der Waals surface area contributed by atoms with E-state index in [0.717, 1.165) is 16.4 Å². The highest BCUT2D eigenvalue weighted by atomic mass is 127. The van der Waals surface area contributed by atoms with Crippen molar-refractivity contribution in [2.24, 2.45) is 4.99 Å². The Morgan fingerprint density at radius 1 is 1.31 bits per heavy atom. The number of rotatable bonds is 0. The zero-order valence-corrected chi connectivity index (χ0v) is 13.4. The predicted molar refractivity (Wildman–Crippen MR) is 84.9 cm³/mol. The van der Waals surface area contributed by atoms with Gasteiger partial charge in [0.15, 0.2) is 5.17 Å². The molecule has 0 spiro atoms. The van der Waals surface area contributed by atoms with E-state index in [9.17, 15) is 0 Å². The highest BCUT2D eigenvalue weighted by Crippen LogP contribution is 2.40. The first-order valence-corrected chi connectivity index (χ1v) is 6.48. The number of thioether (sulfide) groups is 1. The van der Waals surface area contributed by atoms with E-state index in [4.69, 9.17) is 23.2 Å². The highest BCUT2D eigenvalue weighted by Gasteiger charge is 2.22. The van der Waals surface area contributed by atoms with Crippen LogP contribution in [0.5, 0.6) is 0 Å². The first-order chi connectivity index (χ1) is 7.13. The Morgan fingerprint density at radius 3 is 2.56 bits per heavy atom. The fourth-order valence-corrected chi connectivity index (χ4v) is 2.58. The van der Waals surface area contributed by atoms with Crippen LogP contribution in [0.2, 0.25) is 10.0 Å². The van der Waals surface area contributed by atoms with Crippen molar-refractivity contribution in [3.63, 3.8) is 0 Å². The molecule has 2 rings (SSSR count). The summed E-state index contributed by atoms with van der Waals surface area (Å²) in [7, 11) is 0. The van der Waals surface area contributed by atoms with Crippen LogP contribution in [-0.4, -0.2) is 11.4 Å². The van der Waals surface area contributed by atoms with Crippen LogP contribution in [0.25, 0.3) is 0 Å². The van der Waals surface area contributed by atoms with Gasteiger partial charge in [0.1, 0.15) is 0 Å². The maximum atomic E-state index is 6.13. The third-order valence-electron chi connectivity index (χ3n) is 2.30. The lowest BCUT2D eigenvalue weighted by Crippen LogP contribution is -2.17. The Hall–Kier alpha value is 0.350. The van der Waals surface area contributed by atoms with Crippen molar-refractivity contribution < 1.29 is 0 Å². The van der Waals surface area contributed by atoms with E-state index in [1.807, 2.05) is 13.2 Å². The summed E-state index contributed by atoms with van der Waals surface area (Å²) in [6.07, 6.45) is 1.97. The molecule has 2 nitrogen and oxygen atoms in total. The van der Waals surface area contributed by atoms with Crippen molar-refractivity contribution in [2.75, 3.05) is 11.6 Å². The Labute approximate surface area is 126 Å². The van der Waals surface area contributed by atoms with Gasteiger partial charge >= 0.3 is 0 Å². The molecule has 6 heteroatoms. The van der Waals surface area contributed by atoms with Crippen LogP contribution in [0.1, 0.15) is 18.5 Å². The molecule has 1 unspecified atom stereocenters. The molecule has 1 aromatic rings. The van der Waals surface area contributed by atoms with Crippen molar-refractivity contribution in [2.45, 2.75) is 13.0 Å². The molecule has 1 aliphatic heterocycles. The second-order valence-corrected chi connectivity index (χ2v) is 4.87. The summed E-state index contributed by atoms with van der Waals surface area (Å²) < 4.78 is 0. The number of hydrogen-bond acceptors (Lipinski definition) is 3. The molecule has 0 bridgehead atoms. The van der Waals surface area contributed by atoms with Crippen LogP contribution in [0.3, 0.4) is 0 Å². The second-order valence-electron chi connectivity index (χ2n) is 3.26. The fraction of sp³-hybridized carbons (Fsp3) is 0.300. The zero-order chi connectivity index (χ0) is 11.0. The molecule has 0 fully saturated rings. The van der Waals surface area contributed by atoms with Gasteiger partial charge in [-0.25, -0.2) is 0 Å². The van der Waals surface area contributed by atoms with E-state index in [0.29, 0.717) is 10.0 Å². The maximum absolute atomic E-state index is 6.13. The molecular formula is C10H11Cl2IN2S. The smallest absolute Gasteiger partial charge is 0.161 e. The van der Waals surface area contributed by atoms with Crippen LogP contribution < -0.4 is 5.32 Å². The number of anilines is 1. The van der Waals surface area contributed by atoms with E-state index < -0.39 is 0 Å². The normalized spacial score (nSPS) is 18.0. The summed E-state index contributed by atoms with van der Waals surface area (Å²) in [6, 6.07) is 3.65. The van der Waals surface area contributed by atoms with Crippen LogP contribution in [0.4, 0.5) is 5.69 Å². The lowest BCUT2D eigenvalue weighted by Gasteiger charge is -2.23. The molecule has 1 atom stereocenters. The van der Waals surface area contributed by atoms with E-state index in [1.54, 1.807) is 23.9 Å². The number of fused-ring (bicyclic) bond motifs is 1. The van der Waals surface area contributed by atoms with Gasteiger partial charge in [0, 0.05) is 10.6 Å². The molecule has 1 N–H and O–H groups in total. The summed E-state index contributed by atoms with van der Waals surface area (Å²) in [5.74, 6) is 0. The van der Waals surface area contributed by atoms with Crippen molar-refractivity contribution in [1.29, 1.82) is 0 Å². The van der Waals surface area contributed by atoms with Gasteiger partial charge in [-0.05, 0) is 25.3 Å². The fourth-order valence-electron chi connectivity index (χ4n) is 1.59. The molecule has 0 saturated heterocycles. The van der Waals surface area contributed by atoms with Crippen LogP contribution in [0, 0.1) is 0 Å². The third-order valence-corrected chi connectivity index (χ3v) is 3.53. The summed E-state index contributed by atoms with van der Waals surface area (Å²) in [5.41, 5.74) is 1.86. The molecular weight excluding hydrogens is 378 g/mol. The number of halogens is 3. The maximum Gasteiger partial charge on any atom is 0.161 e. The number of nitrogens with zero attached hydrogens (tertiary/aromatic N) is 1. The van der Waals surface area contributed by atoms with Crippen molar-refractivity contribution in [1.82, 2.24) is 0 Å². The lowest BCUT2D eigenvalue weighted by molar-refractivity contribution is 0.817. The quantitative estimate of drug-likeness (QED) is 0.644. The predicted octanol–water partition coefficient (Wildman–Crippen LogP) is 4.82. The van der Waals surface area contributed by atoms with Crippen LogP contribution in [0.15, 0.2) is 17.1 Å². The van der Waals surface area contributed by atoms with Gasteiger partial charge in [0.25, 0.3) is 0 Å². The largest absolute Gasteiger partial charge is 0.333 e. The first kappa shape index (κ1) is 14.4. The van der Waals surface area contributed by atoms with Gasteiger partial charge in [-0.1, -0.05) is 35.0 Å². The molecule has 1 aliphatic rings. The molecule has 1 heterocycles. The Morgan fingerprint density at radius 2 is 1.94 bits per heavy atom. The topological polar surface area (TPSA) is 24.4 Å².